The molecular formula is C11H15NO2. The number of hydrogen-bond acceptors (Lipinski definition) is 3. The van der Waals surface area contributed by atoms with Crippen molar-refractivity contribution in [2.75, 3.05) is 6.61 Å². The lowest BCUT2D eigenvalue weighted by Crippen LogP contribution is -2.29. The van der Waals surface area contributed by atoms with Gasteiger partial charge in [-0.3, -0.25) is 4.79 Å². The van der Waals surface area contributed by atoms with Crippen molar-refractivity contribution < 1.29 is 9.53 Å². The highest BCUT2D eigenvalue weighted by Gasteiger charge is 2.00. The first kappa shape index (κ1) is 10.7. The summed E-state index contributed by atoms with van der Waals surface area (Å²) in [6.45, 7) is 3.66. The summed E-state index contributed by atoms with van der Waals surface area (Å²) in [5, 5.41) is 3.25. The third-order valence-electron chi connectivity index (χ3n) is 1.91. The number of rotatable bonds is 6. The van der Waals surface area contributed by atoms with Crippen LogP contribution < -0.4 is 5.32 Å². The monoisotopic (exact) mass is 193 g/mol. The van der Waals surface area contributed by atoms with Crippen LogP contribution in [0, 0.1) is 0 Å². The molecule has 0 aromatic heterocycles. The maximum atomic E-state index is 9.93. The van der Waals surface area contributed by atoms with Crippen LogP contribution in [0.15, 0.2) is 30.3 Å². The minimum atomic E-state index is 0.181. The molecule has 0 unspecified atom stereocenters. The Kier molecular flexibility index (Phi) is 4.72. The van der Waals surface area contributed by atoms with Gasteiger partial charge in [-0.15, -0.1) is 0 Å². The Morgan fingerprint density at radius 2 is 2.14 bits per heavy atom. The summed E-state index contributed by atoms with van der Waals surface area (Å²) in [7, 11) is 0. The Bertz CT molecular complexity index is 261. The van der Waals surface area contributed by atoms with E-state index in [0.717, 1.165) is 6.54 Å². The molecule has 0 saturated heterocycles. The zero-order valence-electron chi connectivity index (χ0n) is 8.27. The lowest BCUT2D eigenvalue weighted by atomic mass is 10.2. The summed E-state index contributed by atoms with van der Waals surface area (Å²) in [4.78, 5) is 9.93. The highest BCUT2D eigenvalue weighted by atomic mass is 16.5. The van der Waals surface area contributed by atoms with Crippen LogP contribution in [0.3, 0.4) is 0 Å². The lowest BCUT2D eigenvalue weighted by Gasteiger charge is -2.12. The van der Waals surface area contributed by atoms with E-state index in [1.807, 2.05) is 25.1 Å². The van der Waals surface area contributed by atoms with Gasteiger partial charge in [0.15, 0.2) is 0 Å². The average molecular weight is 193 g/mol. The molecule has 0 heterocycles. The molecule has 0 bridgehead atoms. The summed E-state index contributed by atoms with van der Waals surface area (Å²) < 4.78 is 4.64. The van der Waals surface area contributed by atoms with Crippen LogP contribution >= 0.6 is 0 Å². The topological polar surface area (TPSA) is 38.3 Å². The van der Waals surface area contributed by atoms with E-state index in [1.54, 1.807) is 0 Å². The van der Waals surface area contributed by atoms with E-state index < -0.39 is 0 Å². The van der Waals surface area contributed by atoms with E-state index in [1.165, 1.54) is 5.56 Å². The second-order valence-electron chi connectivity index (χ2n) is 3.20. The SMILES string of the molecule is C[C@H](COC=O)NCc1ccccc1. The first-order chi connectivity index (χ1) is 6.83. The van der Waals surface area contributed by atoms with Crippen LogP contribution in [-0.2, 0) is 16.1 Å². The molecule has 0 aliphatic heterocycles. The first-order valence-electron chi connectivity index (χ1n) is 4.65. The molecule has 0 radical (unpaired) electrons. The van der Waals surface area contributed by atoms with Crippen LogP contribution in [0.2, 0.25) is 0 Å². The Morgan fingerprint density at radius 3 is 2.79 bits per heavy atom. The fourth-order valence-electron chi connectivity index (χ4n) is 1.13. The van der Waals surface area contributed by atoms with E-state index in [4.69, 9.17) is 0 Å². The molecule has 14 heavy (non-hydrogen) atoms. The molecule has 0 fully saturated rings. The van der Waals surface area contributed by atoms with Crippen molar-refractivity contribution >= 4 is 6.47 Å². The van der Waals surface area contributed by atoms with E-state index in [-0.39, 0.29) is 6.04 Å². The van der Waals surface area contributed by atoms with Crippen molar-refractivity contribution in [1.29, 1.82) is 0 Å². The number of benzene rings is 1. The van der Waals surface area contributed by atoms with Crippen molar-refractivity contribution in [3.8, 4) is 0 Å². The minimum Gasteiger partial charge on any atom is -0.466 e. The molecule has 0 aliphatic carbocycles. The summed E-state index contributed by atoms with van der Waals surface area (Å²) in [5.74, 6) is 0. The molecule has 0 spiro atoms. The fraction of sp³-hybridized carbons (Fsp3) is 0.364. The summed E-state index contributed by atoms with van der Waals surface area (Å²) in [6, 6.07) is 10.3. The maximum absolute atomic E-state index is 9.93. The number of carbonyl (C=O) groups excluding carboxylic acids is 1. The molecule has 0 saturated carbocycles. The van der Waals surface area contributed by atoms with E-state index in [2.05, 4.69) is 22.2 Å². The standard InChI is InChI=1S/C11H15NO2/c1-10(8-14-9-13)12-7-11-5-3-2-4-6-11/h2-6,9-10,12H,7-8H2,1H3/t10-/m1/s1. The van der Waals surface area contributed by atoms with Crippen molar-refractivity contribution in [1.82, 2.24) is 5.32 Å². The van der Waals surface area contributed by atoms with Gasteiger partial charge in [-0.2, -0.15) is 0 Å². The van der Waals surface area contributed by atoms with E-state index >= 15 is 0 Å². The molecule has 1 rings (SSSR count). The Hall–Kier alpha value is -1.35. The smallest absolute Gasteiger partial charge is 0.293 e. The molecular weight excluding hydrogens is 178 g/mol. The van der Waals surface area contributed by atoms with Crippen LogP contribution in [0.1, 0.15) is 12.5 Å². The molecule has 1 aromatic rings. The summed E-state index contributed by atoms with van der Waals surface area (Å²) in [6.07, 6.45) is 0. The third-order valence-corrected chi connectivity index (χ3v) is 1.91. The molecule has 1 atom stereocenters. The summed E-state index contributed by atoms with van der Waals surface area (Å²) in [5.41, 5.74) is 1.23. The van der Waals surface area contributed by atoms with Gasteiger partial charge in [0.2, 0.25) is 0 Å². The minimum absolute atomic E-state index is 0.181. The second kappa shape index (κ2) is 6.16. The van der Waals surface area contributed by atoms with Gasteiger partial charge in [-0.05, 0) is 12.5 Å². The van der Waals surface area contributed by atoms with Crippen molar-refractivity contribution in [2.45, 2.75) is 19.5 Å². The Balaban J connectivity index is 2.23. The van der Waals surface area contributed by atoms with Gasteiger partial charge in [0.05, 0.1) is 0 Å². The van der Waals surface area contributed by atoms with Crippen LogP contribution in [0.25, 0.3) is 0 Å². The summed E-state index contributed by atoms with van der Waals surface area (Å²) >= 11 is 0. The van der Waals surface area contributed by atoms with Gasteiger partial charge in [0.1, 0.15) is 6.61 Å². The molecule has 0 amide bonds. The van der Waals surface area contributed by atoms with Gasteiger partial charge >= 0.3 is 0 Å². The fourth-order valence-corrected chi connectivity index (χ4v) is 1.13. The van der Waals surface area contributed by atoms with E-state index in [9.17, 15) is 4.79 Å². The maximum Gasteiger partial charge on any atom is 0.293 e. The van der Waals surface area contributed by atoms with Gasteiger partial charge < -0.3 is 10.1 Å². The van der Waals surface area contributed by atoms with Gasteiger partial charge in [-0.1, -0.05) is 30.3 Å². The Morgan fingerprint density at radius 1 is 1.43 bits per heavy atom. The number of ether oxygens (including phenoxy) is 1. The predicted octanol–water partition coefficient (Wildman–Crippen LogP) is 1.34. The molecule has 1 N–H and O–H groups in total. The van der Waals surface area contributed by atoms with Crippen LogP contribution in [0.5, 0.6) is 0 Å². The highest BCUT2D eigenvalue weighted by Crippen LogP contribution is 1.98. The second-order valence-corrected chi connectivity index (χ2v) is 3.20. The number of nitrogens with one attached hydrogen (secondary N) is 1. The largest absolute Gasteiger partial charge is 0.466 e. The number of carbonyl (C=O) groups is 1. The van der Waals surface area contributed by atoms with Crippen molar-refractivity contribution in [3.63, 3.8) is 0 Å². The normalized spacial score (nSPS) is 12.1. The van der Waals surface area contributed by atoms with Gasteiger partial charge in [0.25, 0.3) is 6.47 Å². The molecule has 3 nitrogen and oxygen atoms in total. The first-order valence-corrected chi connectivity index (χ1v) is 4.65. The van der Waals surface area contributed by atoms with E-state index in [0.29, 0.717) is 13.1 Å². The van der Waals surface area contributed by atoms with Crippen LogP contribution in [0.4, 0.5) is 0 Å². The molecule has 1 aromatic carbocycles. The quantitative estimate of drug-likeness (QED) is 0.693. The zero-order valence-corrected chi connectivity index (χ0v) is 8.27. The van der Waals surface area contributed by atoms with Crippen molar-refractivity contribution in [2.24, 2.45) is 0 Å². The number of hydrogen-bond donors (Lipinski definition) is 1. The zero-order chi connectivity index (χ0) is 10.2. The lowest BCUT2D eigenvalue weighted by molar-refractivity contribution is -0.129. The average Bonchev–Trinajstić information content (AvgIpc) is 2.25. The Labute approximate surface area is 84.1 Å². The predicted molar refractivity (Wildman–Crippen MR) is 54.8 cm³/mol. The molecule has 0 aliphatic rings. The molecule has 76 valence electrons. The molecule has 3 heteroatoms. The van der Waals surface area contributed by atoms with Gasteiger partial charge in [-0.25, -0.2) is 0 Å². The van der Waals surface area contributed by atoms with Crippen molar-refractivity contribution in [3.05, 3.63) is 35.9 Å². The third kappa shape index (κ3) is 4.05. The van der Waals surface area contributed by atoms with Gasteiger partial charge in [0, 0.05) is 12.6 Å². The highest BCUT2D eigenvalue weighted by molar-refractivity contribution is 5.36. The van der Waals surface area contributed by atoms with Crippen LogP contribution in [-0.4, -0.2) is 19.1 Å².